The Labute approximate surface area is 201 Å². The summed E-state index contributed by atoms with van der Waals surface area (Å²) in [6.07, 6.45) is 0. The molecule has 182 valence electrons. The monoisotopic (exact) mass is 466 g/mol. The topological polar surface area (TPSA) is 77.8 Å². The van der Waals surface area contributed by atoms with E-state index in [1.807, 2.05) is 28.9 Å². The zero-order valence-electron chi connectivity index (χ0n) is 20.9. The molecule has 0 bridgehead atoms. The Morgan fingerprint density at radius 3 is 2.15 bits per heavy atom. The minimum Gasteiger partial charge on any atom is -0.497 e. The smallest absolute Gasteiger partial charge is 0.173 e. The second-order valence-electron chi connectivity index (χ2n) is 9.33. The van der Waals surface area contributed by atoms with E-state index in [4.69, 9.17) is 14.2 Å². The first kappa shape index (κ1) is 23.8. The molecule has 34 heavy (non-hydrogen) atoms. The molecule has 4 rings (SSSR count). The summed E-state index contributed by atoms with van der Waals surface area (Å²) in [7, 11) is 5.02. The Kier molecular flexibility index (Phi) is 6.92. The highest BCUT2D eigenvalue weighted by molar-refractivity contribution is 5.51. The predicted octanol–water partition coefficient (Wildman–Crippen LogP) is 3.37. The van der Waals surface area contributed by atoms with E-state index in [-0.39, 0.29) is 11.6 Å². The van der Waals surface area contributed by atoms with Gasteiger partial charge in [-0.2, -0.15) is 0 Å². The third-order valence-corrected chi connectivity index (χ3v) is 6.22. The predicted molar refractivity (Wildman–Crippen MR) is 131 cm³/mol. The number of tetrazole rings is 1. The fourth-order valence-electron chi connectivity index (χ4n) is 4.50. The molecule has 9 nitrogen and oxygen atoms in total. The average molecular weight is 467 g/mol. The molecule has 0 N–H and O–H groups in total. The summed E-state index contributed by atoms with van der Waals surface area (Å²) in [6.45, 7) is 9.76. The second-order valence-corrected chi connectivity index (χ2v) is 9.33. The van der Waals surface area contributed by atoms with Crippen molar-refractivity contribution in [1.29, 1.82) is 0 Å². The van der Waals surface area contributed by atoms with Gasteiger partial charge < -0.3 is 19.1 Å². The quantitative estimate of drug-likeness (QED) is 0.525. The lowest BCUT2D eigenvalue weighted by atomic mass is 10.00. The lowest BCUT2D eigenvalue weighted by Crippen LogP contribution is -2.48. The van der Waals surface area contributed by atoms with Gasteiger partial charge >= 0.3 is 0 Å². The zero-order chi connectivity index (χ0) is 24.3. The second kappa shape index (κ2) is 9.89. The van der Waals surface area contributed by atoms with Crippen molar-refractivity contribution in [2.75, 3.05) is 52.4 Å². The molecule has 9 heteroatoms. The van der Waals surface area contributed by atoms with Crippen LogP contribution in [0.25, 0.3) is 0 Å². The minimum atomic E-state index is -0.270. The van der Waals surface area contributed by atoms with Gasteiger partial charge in [0.1, 0.15) is 11.8 Å². The highest BCUT2D eigenvalue weighted by Crippen LogP contribution is 2.40. The summed E-state index contributed by atoms with van der Waals surface area (Å²) in [4.78, 5) is 4.81. The summed E-state index contributed by atoms with van der Waals surface area (Å²) < 4.78 is 18.6. The molecule has 0 amide bonds. The number of anilines is 1. The van der Waals surface area contributed by atoms with E-state index < -0.39 is 0 Å². The standard InChI is InChI=1S/C25H34N6O3/c1-25(2,3)31-24(26-27-28-31)22(20-8-7-9-21(33-5)23(20)34-6)30-16-14-29(15-17-30)18-10-12-19(32-4)13-11-18/h7-13,22H,14-17H2,1-6H3. The van der Waals surface area contributed by atoms with Crippen LogP contribution in [0.2, 0.25) is 0 Å². The zero-order valence-corrected chi connectivity index (χ0v) is 20.9. The molecule has 3 aromatic rings. The van der Waals surface area contributed by atoms with E-state index in [0.29, 0.717) is 11.5 Å². The number of nitrogens with zero attached hydrogens (tertiary/aromatic N) is 6. The van der Waals surface area contributed by atoms with E-state index in [0.717, 1.165) is 43.3 Å². The fraction of sp³-hybridized carbons (Fsp3) is 0.480. The molecular weight excluding hydrogens is 432 g/mol. The van der Waals surface area contributed by atoms with E-state index in [2.05, 4.69) is 64.3 Å². The molecule has 0 saturated carbocycles. The molecule has 2 aromatic carbocycles. The van der Waals surface area contributed by atoms with E-state index in [1.165, 1.54) is 5.69 Å². The Morgan fingerprint density at radius 1 is 0.853 bits per heavy atom. The normalized spacial score (nSPS) is 15.8. The molecule has 0 spiro atoms. The molecular formula is C25H34N6O3. The van der Waals surface area contributed by atoms with Crippen molar-refractivity contribution in [2.24, 2.45) is 0 Å². The first-order chi connectivity index (χ1) is 16.4. The lowest BCUT2D eigenvalue weighted by molar-refractivity contribution is 0.188. The number of methoxy groups -OCH3 is 3. The molecule has 1 atom stereocenters. The SMILES string of the molecule is COc1ccc(N2CCN(C(c3cccc(OC)c3OC)c3nnnn3C(C)(C)C)CC2)cc1. The number of aromatic nitrogens is 4. The number of rotatable bonds is 7. The van der Waals surface area contributed by atoms with Gasteiger partial charge in [0.2, 0.25) is 0 Å². The van der Waals surface area contributed by atoms with Gasteiger partial charge in [0.15, 0.2) is 17.3 Å². The highest BCUT2D eigenvalue weighted by Gasteiger charge is 2.35. The van der Waals surface area contributed by atoms with Crippen LogP contribution in [0, 0.1) is 0 Å². The summed E-state index contributed by atoms with van der Waals surface area (Å²) in [6, 6.07) is 14.0. The maximum Gasteiger partial charge on any atom is 0.173 e. The van der Waals surface area contributed by atoms with Gasteiger partial charge in [0.25, 0.3) is 0 Å². The number of para-hydroxylation sites is 1. The van der Waals surface area contributed by atoms with Gasteiger partial charge in [0, 0.05) is 37.4 Å². The van der Waals surface area contributed by atoms with Crippen LogP contribution in [0.1, 0.15) is 38.2 Å². The summed E-state index contributed by atoms with van der Waals surface area (Å²) in [5.74, 6) is 3.05. The van der Waals surface area contributed by atoms with Crippen LogP contribution in [0.15, 0.2) is 42.5 Å². The minimum absolute atomic E-state index is 0.183. The molecule has 1 saturated heterocycles. The maximum absolute atomic E-state index is 5.82. The van der Waals surface area contributed by atoms with Gasteiger partial charge in [-0.3, -0.25) is 4.90 Å². The van der Waals surface area contributed by atoms with Crippen molar-refractivity contribution in [3.8, 4) is 17.2 Å². The van der Waals surface area contributed by atoms with Crippen LogP contribution in [-0.4, -0.2) is 72.6 Å². The van der Waals surface area contributed by atoms with Gasteiger partial charge in [-0.1, -0.05) is 12.1 Å². The first-order valence-corrected chi connectivity index (χ1v) is 11.5. The van der Waals surface area contributed by atoms with Crippen molar-refractivity contribution in [1.82, 2.24) is 25.1 Å². The Bertz CT molecular complexity index is 1080. The van der Waals surface area contributed by atoms with Crippen molar-refractivity contribution >= 4 is 5.69 Å². The van der Waals surface area contributed by atoms with Gasteiger partial charge in [-0.15, -0.1) is 5.10 Å². The lowest BCUT2D eigenvalue weighted by Gasteiger charge is -2.40. The van der Waals surface area contributed by atoms with Crippen molar-refractivity contribution in [3.63, 3.8) is 0 Å². The summed E-state index contributed by atoms with van der Waals surface area (Å²) in [5, 5.41) is 12.9. The molecule has 1 aliphatic rings. The average Bonchev–Trinajstić information content (AvgIpc) is 3.35. The molecule has 1 fully saturated rings. The van der Waals surface area contributed by atoms with Gasteiger partial charge in [-0.25, -0.2) is 4.68 Å². The first-order valence-electron chi connectivity index (χ1n) is 11.5. The molecule has 0 radical (unpaired) electrons. The van der Waals surface area contributed by atoms with Gasteiger partial charge in [-0.05, 0) is 61.5 Å². The number of piperazine rings is 1. The van der Waals surface area contributed by atoms with Crippen LogP contribution in [0.5, 0.6) is 17.2 Å². The van der Waals surface area contributed by atoms with Crippen LogP contribution in [0.4, 0.5) is 5.69 Å². The van der Waals surface area contributed by atoms with E-state index in [9.17, 15) is 0 Å². The van der Waals surface area contributed by atoms with E-state index in [1.54, 1.807) is 21.3 Å². The van der Waals surface area contributed by atoms with Crippen LogP contribution >= 0.6 is 0 Å². The summed E-state index contributed by atoms with van der Waals surface area (Å²) in [5.41, 5.74) is 1.91. The number of ether oxygens (including phenoxy) is 3. The van der Waals surface area contributed by atoms with Crippen LogP contribution < -0.4 is 19.1 Å². The maximum atomic E-state index is 5.82. The molecule has 1 unspecified atom stereocenters. The van der Waals surface area contributed by atoms with E-state index >= 15 is 0 Å². The van der Waals surface area contributed by atoms with Crippen molar-refractivity contribution in [3.05, 3.63) is 53.9 Å². The molecule has 1 aromatic heterocycles. The third kappa shape index (κ3) is 4.65. The van der Waals surface area contributed by atoms with Crippen LogP contribution in [-0.2, 0) is 5.54 Å². The molecule has 1 aliphatic heterocycles. The Morgan fingerprint density at radius 2 is 1.56 bits per heavy atom. The van der Waals surface area contributed by atoms with Crippen molar-refractivity contribution < 1.29 is 14.2 Å². The molecule has 2 heterocycles. The van der Waals surface area contributed by atoms with Crippen LogP contribution in [0.3, 0.4) is 0 Å². The number of hydrogen-bond acceptors (Lipinski definition) is 8. The van der Waals surface area contributed by atoms with Gasteiger partial charge in [0.05, 0.1) is 26.9 Å². The largest absolute Gasteiger partial charge is 0.497 e. The third-order valence-electron chi connectivity index (χ3n) is 6.22. The van der Waals surface area contributed by atoms with Crippen molar-refractivity contribution in [2.45, 2.75) is 32.4 Å². The number of hydrogen-bond donors (Lipinski definition) is 0. The fourth-order valence-corrected chi connectivity index (χ4v) is 4.50. The number of benzene rings is 2. The molecule has 0 aliphatic carbocycles. The highest BCUT2D eigenvalue weighted by atomic mass is 16.5. The Hall–Kier alpha value is -3.33. The Balaban J connectivity index is 1.69. The summed E-state index contributed by atoms with van der Waals surface area (Å²) >= 11 is 0.